The van der Waals surface area contributed by atoms with Crippen molar-refractivity contribution in [3.8, 4) is 0 Å². The molecule has 0 rings (SSSR count). The number of rotatable bonds is 7. The second-order valence-corrected chi connectivity index (χ2v) is 7.07. The molecule has 0 aliphatic heterocycles. The first kappa shape index (κ1) is 18.9. The molecular weight excluding hydrogens is 256 g/mol. The van der Waals surface area contributed by atoms with Gasteiger partial charge >= 0.3 is 11.9 Å². The molecule has 0 unspecified atom stereocenters. The van der Waals surface area contributed by atoms with E-state index in [2.05, 4.69) is 20.8 Å². The van der Waals surface area contributed by atoms with E-state index in [-0.39, 0.29) is 29.2 Å². The fourth-order valence-electron chi connectivity index (χ4n) is 1.47. The van der Waals surface area contributed by atoms with Crippen LogP contribution < -0.4 is 0 Å². The van der Waals surface area contributed by atoms with Gasteiger partial charge in [0, 0.05) is 6.42 Å². The van der Waals surface area contributed by atoms with Crippen LogP contribution in [-0.4, -0.2) is 18.2 Å². The number of hydrogen-bond acceptors (Lipinski definition) is 4. The van der Waals surface area contributed by atoms with Crippen LogP contribution in [0.4, 0.5) is 0 Å². The van der Waals surface area contributed by atoms with Crippen molar-refractivity contribution in [2.75, 3.05) is 0 Å². The Morgan fingerprint density at radius 2 is 1.30 bits per heavy atom. The minimum Gasteiger partial charge on any atom is -0.425 e. The van der Waals surface area contributed by atoms with Crippen molar-refractivity contribution in [2.45, 2.75) is 74.0 Å². The molecule has 0 N–H and O–H groups in total. The first-order chi connectivity index (χ1) is 9.03. The van der Waals surface area contributed by atoms with Gasteiger partial charge in [-0.3, -0.25) is 9.59 Å². The molecule has 0 atom stereocenters. The Kier molecular flexibility index (Phi) is 7.84. The maximum atomic E-state index is 11.7. The van der Waals surface area contributed by atoms with E-state index in [4.69, 9.17) is 9.47 Å². The van der Waals surface area contributed by atoms with Crippen LogP contribution in [-0.2, 0) is 19.1 Å². The largest absolute Gasteiger partial charge is 0.425 e. The van der Waals surface area contributed by atoms with E-state index in [0.717, 1.165) is 12.8 Å². The van der Waals surface area contributed by atoms with Gasteiger partial charge in [-0.2, -0.15) is 0 Å². The van der Waals surface area contributed by atoms with Crippen LogP contribution in [0.15, 0.2) is 0 Å². The van der Waals surface area contributed by atoms with E-state index in [0.29, 0.717) is 6.42 Å². The zero-order valence-electron chi connectivity index (χ0n) is 14.0. The summed E-state index contributed by atoms with van der Waals surface area (Å²) in [5.74, 6) is -1.11. The smallest absolute Gasteiger partial charge is 0.311 e. The number of esters is 2. The Labute approximate surface area is 123 Å². The Bertz CT molecular complexity index is 291. The minimum absolute atomic E-state index is 0.217. The zero-order valence-corrected chi connectivity index (χ0v) is 14.0. The predicted octanol–water partition coefficient (Wildman–Crippen LogP) is 3.93. The molecule has 0 aliphatic carbocycles. The number of carbonyl (C=O) groups is 2. The minimum atomic E-state index is -0.762. The van der Waals surface area contributed by atoms with Gasteiger partial charge in [-0.25, -0.2) is 0 Å². The summed E-state index contributed by atoms with van der Waals surface area (Å²) in [6.45, 7) is 13.5. The van der Waals surface area contributed by atoms with Gasteiger partial charge in [-0.1, -0.05) is 48.5 Å². The molecule has 0 aromatic carbocycles. The Balaban J connectivity index is 4.46. The molecule has 0 heterocycles. The molecule has 0 spiro atoms. The van der Waals surface area contributed by atoms with E-state index in [1.807, 2.05) is 0 Å². The van der Waals surface area contributed by atoms with Crippen LogP contribution >= 0.6 is 0 Å². The SMILES string of the molecule is CC(C)C(=O)OC(CCCC(C)(C)C)OC(=O)C(C)C. The summed E-state index contributed by atoms with van der Waals surface area (Å²) in [5, 5.41) is 0. The molecule has 0 saturated carbocycles. The molecule has 0 fully saturated rings. The third-order valence-electron chi connectivity index (χ3n) is 2.80. The molecule has 0 aliphatic rings. The van der Waals surface area contributed by atoms with E-state index >= 15 is 0 Å². The van der Waals surface area contributed by atoms with Crippen molar-refractivity contribution in [2.24, 2.45) is 17.3 Å². The predicted molar refractivity (Wildman–Crippen MR) is 79.0 cm³/mol. The van der Waals surface area contributed by atoms with E-state index < -0.39 is 6.29 Å². The molecule has 0 aromatic rings. The molecule has 118 valence electrons. The summed E-state index contributed by atoms with van der Waals surface area (Å²) in [7, 11) is 0. The van der Waals surface area contributed by atoms with E-state index in [1.165, 1.54) is 0 Å². The monoisotopic (exact) mass is 286 g/mol. The normalized spacial score (nSPS) is 12.1. The van der Waals surface area contributed by atoms with Crippen LogP contribution in [0.2, 0.25) is 0 Å². The lowest BCUT2D eigenvalue weighted by atomic mass is 9.90. The average Bonchev–Trinajstić information content (AvgIpc) is 2.26. The molecule has 0 saturated heterocycles. The van der Waals surface area contributed by atoms with Gasteiger partial charge in [-0.05, 0) is 18.3 Å². The summed E-state index contributed by atoms with van der Waals surface area (Å²) in [5.41, 5.74) is 0.217. The highest BCUT2D eigenvalue weighted by Gasteiger charge is 2.23. The van der Waals surface area contributed by atoms with Gasteiger partial charge in [0.2, 0.25) is 6.29 Å². The summed E-state index contributed by atoms with van der Waals surface area (Å²) in [4.78, 5) is 23.3. The van der Waals surface area contributed by atoms with Gasteiger partial charge in [0.1, 0.15) is 0 Å². The van der Waals surface area contributed by atoms with Crippen molar-refractivity contribution in [1.29, 1.82) is 0 Å². The number of carbonyl (C=O) groups excluding carboxylic acids is 2. The fourth-order valence-corrected chi connectivity index (χ4v) is 1.47. The van der Waals surface area contributed by atoms with Gasteiger partial charge in [-0.15, -0.1) is 0 Å². The van der Waals surface area contributed by atoms with Gasteiger partial charge < -0.3 is 9.47 Å². The van der Waals surface area contributed by atoms with Crippen LogP contribution in [0.25, 0.3) is 0 Å². The lowest BCUT2D eigenvalue weighted by Gasteiger charge is -2.23. The Morgan fingerprint density at radius 1 is 0.900 bits per heavy atom. The van der Waals surface area contributed by atoms with Gasteiger partial charge in [0.05, 0.1) is 11.8 Å². The first-order valence-corrected chi connectivity index (χ1v) is 7.44. The molecule has 4 heteroatoms. The molecule has 0 aromatic heterocycles. The molecule has 4 nitrogen and oxygen atoms in total. The Hall–Kier alpha value is -1.06. The molecule has 0 radical (unpaired) electrons. The maximum absolute atomic E-state index is 11.7. The van der Waals surface area contributed by atoms with Crippen LogP contribution in [0.1, 0.15) is 67.7 Å². The highest BCUT2D eigenvalue weighted by Crippen LogP contribution is 2.23. The van der Waals surface area contributed by atoms with Crippen molar-refractivity contribution >= 4 is 11.9 Å². The highest BCUT2D eigenvalue weighted by atomic mass is 16.7. The zero-order chi connectivity index (χ0) is 15.9. The molecular formula is C16H30O4. The summed E-state index contributed by atoms with van der Waals surface area (Å²) in [6, 6.07) is 0. The summed E-state index contributed by atoms with van der Waals surface area (Å²) >= 11 is 0. The van der Waals surface area contributed by atoms with Crippen LogP contribution in [0.3, 0.4) is 0 Å². The van der Waals surface area contributed by atoms with Crippen molar-refractivity contribution in [3.63, 3.8) is 0 Å². The second kappa shape index (κ2) is 8.28. The van der Waals surface area contributed by atoms with Crippen LogP contribution in [0.5, 0.6) is 0 Å². The third kappa shape index (κ3) is 8.94. The third-order valence-corrected chi connectivity index (χ3v) is 2.80. The van der Waals surface area contributed by atoms with Crippen LogP contribution in [0, 0.1) is 17.3 Å². The van der Waals surface area contributed by atoms with E-state index in [9.17, 15) is 9.59 Å². The van der Waals surface area contributed by atoms with E-state index in [1.54, 1.807) is 27.7 Å². The van der Waals surface area contributed by atoms with Gasteiger partial charge in [0.25, 0.3) is 0 Å². The Morgan fingerprint density at radius 3 is 1.60 bits per heavy atom. The number of ether oxygens (including phenoxy) is 2. The summed E-state index contributed by atoms with van der Waals surface area (Å²) < 4.78 is 10.5. The van der Waals surface area contributed by atoms with Crippen molar-refractivity contribution in [1.82, 2.24) is 0 Å². The second-order valence-electron chi connectivity index (χ2n) is 7.07. The standard InChI is InChI=1S/C16H30O4/c1-11(2)14(17)19-13(20-15(18)12(3)4)9-8-10-16(5,6)7/h11-13H,8-10H2,1-7H3. The van der Waals surface area contributed by atoms with Crippen molar-refractivity contribution < 1.29 is 19.1 Å². The molecule has 20 heavy (non-hydrogen) atoms. The quantitative estimate of drug-likeness (QED) is 0.525. The molecule has 0 bridgehead atoms. The lowest BCUT2D eigenvalue weighted by molar-refractivity contribution is -0.193. The highest BCUT2D eigenvalue weighted by molar-refractivity contribution is 5.73. The summed E-state index contributed by atoms with van der Waals surface area (Å²) in [6.07, 6.45) is 1.63. The van der Waals surface area contributed by atoms with Gasteiger partial charge in [0.15, 0.2) is 0 Å². The first-order valence-electron chi connectivity index (χ1n) is 7.44. The van der Waals surface area contributed by atoms with Crippen molar-refractivity contribution in [3.05, 3.63) is 0 Å². The average molecular weight is 286 g/mol. The topological polar surface area (TPSA) is 52.6 Å². The maximum Gasteiger partial charge on any atom is 0.311 e. The molecule has 0 amide bonds. The number of hydrogen-bond donors (Lipinski definition) is 0. The lowest BCUT2D eigenvalue weighted by Crippen LogP contribution is -2.28. The fraction of sp³-hybridized carbons (Fsp3) is 0.875.